The highest BCUT2D eigenvalue weighted by Crippen LogP contribution is 2.34. The van der Waals surface area contributed by atoms with Crippen LogP contribution < -0.4 is 10.5 Å². The summed E-state index contributed by atoms with van der Waals surface area (Å²) in [5.74, 6) is 0.576. The number of nitrogens with zero attached hydrogens (tertiary/aromatic N) is 3. The second-order valence-electron chi connectivity index (χ2n) is 5.55. The van der Waals surface area contributed by atoms with Crippen LogP contribution >= 0.6 is 0 Å². The van der Waals surface area contributed by atoms with E-state index in [1.54, 1.807) is 12.4 Å². The number of rotatable bonds is 6. The van der Waals surface area contributed by atoms with Crippen LogP contribution in [0, 0.1) is 0 Å². The van der Waals surface area contributed by atoms with Gasteiger partial charge in [-0.05, 0) is 38.5 Å². The van der Waals surface area contributed by atoms with E-state index in [1.165, 1.54) is 6.42 Å². The van der Waals surface area contributed by atoms with Crippen LogP contribution in [0.2, 0.25) is 0 Å². The van der Waals surface area contributed by atoms with Gasteiger partial charge in [-0.15, -0.1) is 0 Å². The molecule has 0 aliphatic heterocycles. The highest BCUT2D eigenvalue weighted by molar-refractivity contribution is 5.38. The Bertz CT molecular complexity index is 492. The maximum Gasteiger partial charge on any atom is 0.293 e. The third-order valence-electron chi connectivity index (χ3n) is 4.13. The molecular formula is C14H21N3O2. The molecule has 0 spiro atoms. The molecule has 19 heavy (non-hydrogen) atoms. The predicted molar refractivity (Wildman–Crippen MR) is 73.5 cm³/mol. The molecule has 0 aromatic carbocycles. The summed E-state index contributed by atoms with van der Waals surface area (Å²) < 4.78 is 1.83. The molecule has 0 atom stereocenters. The van der Waals surface area contributed by atoms with Gasteiger partial charge in [-0.25, -0.2) is 4.98 Å². The van der Waals surface area contributed by atoms with E-state index >= 15 is 0 Å². The molecule has 2 saturated carbocycles. The third-order valence-corrected chi connectivity index (χ3v) is 4.13. The number of aliphatic hydroxyl groups excluding tert-OH is 1. The minimum Gasteiger partial charge on any atom is -0.396 e. The fourth-order valence-corrected chi connectivity index (χ4v) is 2.65. The van der Waals surface area contributed by atoms with Crippen molar-refractivity contribution in [3.05, 3.63) is 22.7 Å². The van der Waals surface area contributed by atoms with Gasteiger partial charge in [-0.1, -0.05) is 0 Å². The molecule has 5 heteroatoms. The number of aromatic nitrogens is 2. The van der Waals surface area contributed by atoms with Gasteiger partial charge < -0.3 is 14.6 Å². The van der Waals surface area contributed by atoms with Crippen LogP contribution in [-0.2, 0) is 0 Å². The number of aliphatic hydroxyl groups is 1. The van der Waals surface area contributed by atoms with Gasteiger partial charge in [0.15, 0.2) is 5.82 Å². The first kappa shape index (κ1) is 12.7. The van der Waals surface area contributed by atoms with Gasteiger partial charge in [-0.3, -0.25) is 4.79 Å². The first-order chi connectivity index (χ1) is 9.31. The molecule has 3 rings (SSSR count). The van der Waals surface area contributed by atoms with Gasteiger partial charge in [0.25, 0.3) is 5.56 Å². The highest BCUT2D eigenvalue weighted by Gasteiger charge is 2.30. The Balaban J connectivity index is 1.88. The molecular weight excluding hydrogens is 242 g/mol. The van der Waals surface area contributed by atoms with Crippen LogP contribution in [0.3, 0.4) is 0 Å². The van der Waals surface area contributed by atoms with E-state index in [0.29, 0.717) is 24.3 Å². The monoisotopic (exact) mass is 263 g/mol. The zero-order chi connectivity index (χ0) is 13.2. The second kappa shape index (κ2) is 5.33. The molecule has 0 bridgehead atoms. The average Bonchev–Trinajstić information content (AvgIpc) is 3.17. The molecule has 0 saturated heterocycles. The van der Waals surface area contributed by atoms with Crippen molar-refractivity contribution in [1.82, 2.24) is 9.55 Å². The molecule has 1 heterocycles. The van der Waals surface area contributed by atoms with E-state index in [1.807, 2.05) is 4.57 Å². The molecule has 0 unspecified atom stereocenters. The molecule has 1 aromatic rings. The van der Waals surface area contributed by atoms with Crippen molar-refractivity contribution in [2.75, 3.05) is 18.1 Å². The Labute approximate surface area is 112 Å². The van der Waals surface area contributed by atoms with Crippen LogP contribution in [-0.4, -0.2) is 33.9 Å². The SMILES string of the molecule is O=c1c(N(CCCO)C2CCC2)nccn1C1CC1. The van der Waals surface area contributed by atoms with Gasteiger partial charge in [0, 0.05) is 37.6 Å². The second-order valence-corrected chi connectivity index (χ2v) is 5.55. The summed E-state index contributed by atoms with van der Waals surface area (Å²) in [6.45, 7) is 0.880. The maximum atomic E-state index is 12.5. The van der Waals surface area contributed by atoms with E-state index in [0.717, 1.165) is 32.2 Å². The number of hydrogen-bond donors (Lipinski definition) is 1. The third kappa shape index (κ3) is 2.52. The summed E-state index contributed by atoms with van der Waals surface area (Å²) in [5, 5.41) is 9.03. The standard InChI is InChI=1S/C14H21N3O2/c18-10-2-8-16(11-3-1-4-11)13-14(19)17(9-7-15-13)12-5-6-12/h7,9,11-12,18H,1-6,8,10H2. The van der Waals surface area contributed by atoms with Crippen LogP contribution in [0.25, 0.3) is 0 Å². The zero-order valence-electron chi connectivity index (χ0n) is 11.2. The normalized spacial score (nSPS) is 19.2. The van der Waals surface area contributed by atoms with Crippen molar-refractivity contribution in [1.29, 1.82) is 0 Å². The smallest absolute Gasteiger partial charge is 0.293 e. The van der Waals surface area contributed by atoms with Crippen LogP contribution in [0.5, 0.6) is 0 Å². The van der Waals surface area contributed by atoms with Gasteiger partial charge in [0.2, 0.25) is 0 Å². The lowest BCUT2D eigenvalue weighted by atomic mass is 9.91. The lowest BCUT2D eigenvalue weighted by Crippen LogP contribution is -2.45. The van der Waals surface area contributed by atoms with Gasteiger partial charge in [0.05, 0.1) is 0 Å². The lowest BCUT2D eigenvalue weighted by molar-refractivity contribution is 0.282. The minimum atomic E-state index is 0.0369. The van der Waals surface area contributed by atoms with E-state index in [9.17, 15) is 4.79 Å². The quantitative estimate of drug-likeness (QED) is 0.841. The van der Waals surface area contributed by atoms with Gasteiger partial charge >= 0.3 is 0 Å². The van der Waals surface area contributed by atoms with Crippen LogP contribution in [0.15, 0.2) is 17.2 Å². The molecule has 1 aromatic heterocycles. The molecule has 5 nitrogen and oxygen atoms in total. The zero-order valence-corrected chi connectivity index (χ0v) is 11.2. The molecule has 2 aliphatic rings. The summed E-state index contributed by atoms with van der Waals surface area (Å²) in [6, 6.07) is 0.817. The summed E-state index contributed by atoms with van der Waals surface area (Å²) in [4.78, 5) is 18.9. The van der Waals surface area contributed by atoms with Crippen molar-refractivity contribution in [3.8, 4) is 0 Å². The van der Waals surface area contributed by atoms with Crippen LogP contribution in [0.1, 0.15) is 44.6 Å². The van der Waals surface area contributed by atoms with E-state index in [-0.39, 0.29) is 12.2 Å². The summed E-state index contributed by atoms with van der Waals surface area (Å²) in [5.41, 5.74) is 0.0369. The van der Waals surface area contributed by atoms with Gasteiger partial charge in [-0.2, -0.15) is 0 Å². The van der Waals surface area contributed by atoms with E-state index in [4.69, 9.17) is 5.11 Å². The number of anilines is 1. The fraction of sp³-hybridized carbons (Fsp3) is 0.714. The van der Waals surface area contributed by atoms with Crippen molar-refractivity contribution in [3.63, 3.8) is 0 Å². The maximum absolute atomic E-state index is 12.5. The summed E-state index contributed by atoms with van der Waals surface area (Å²) >= 11 is 0. The Morgan fingerprint density at radius 2 is 2.16 bits per heavy atom. The van der Waals surface area contributed by atoms with E-state index in [2.05, 4.69) is 9.88 Å². The molecule has 104 valence electrons. The van der Waals surface area contributed by atoms with E-state index < -0.39 is 0 Å². The fourth-order valence-electron chi connectivity index (χ4n) is 2.65. The topological polar surface area (TPSA) is 58.4 Å². The molecule has 0 amide bonds. The molecule has 2 aliphatic carbocycles. The average molecular weight is 263 g/mol. The Hall–Kier alpha value is -1.36. The van der Waals surface area contributed by atoms with Crippen molar-refractivity contribution in [2.45, 2.75) is 50.6 Å². The highest BCUT2D eigenvalue weighted by atomic mass is 16.3. The van der Waals surface area contributed by atoms with Crippen molar-refractivity contribution in [2.24, 2.45) is 0 Å². The molecule has 1 N–H and O–H groups in total. The minimum absolute atomic E-state index is 0.0369. The first-order valence-corrected chi connectivity index (χ1v) is 7.26. The largest absolute Gasteiger partial charge is 0.396 e. The first-order valence-electron chi connectivity index (χ1n) is 7.26. The molecule has 0 radical (unpaired) electrons. The summed E-state index contributed by atoms with van der Waals surface area (Å²) in [6.07, 6.45) is 9.91. The lowest BCUT2D eigenvalue weighted by Gasteiger charge is -2.38. The molecule has 2 fully saturated rings. The Kier molecular flexibility index (Phi) is 3.55. The van der Waals surface area contributed by atoms with Crippen molar-refractivity contribution >= 4 is 5.82 Å². The summed E-state index contributed by atoms with van der Waals surface area (Å²) in [7, 11) is 0. The number of hydrogen-bond acceptors (Lipinski definition) is 4. The van der Waals surface area contributed by atoms with Crippen molar-refractivity contribution < 1.29 is 5.11 Å². The Morgan fingerprint density at radius 3 is 2.74 bits per heavy atom. The Morgan fingerprint density at radius 1 is 1.37 bits per heavy atom. The van der Waals surface area contributed by atoms with Gasteiger partial charge in [0.1, 0.15) is 0 Å². The predicted octanol–water partition coefficient (Wildman–Crippen LogP) is 1.32. The van der Waals surface area contributed by atoms with Crippen LogP contribution in [0.4, 0.5) is 5.82 Å².